The molecule has 0 bridgehead atoms. The van der Waals surface area contributed by atoms with Crippen molar-refractivity contribution in [2.75, 3.05) is 0 Å². The molecule has 0 unspecified atom stereocenters. The Balaban J connectivity index is 0.000000245. The predicted octanol–water partition coefficient (Wildman–Crippen LogP) is 0.195. The summed E-state index contributed by atoms with van der Waals surface area (Å²) in [6, 6.07) is 0. The SMILES string of the molecule is O=C[C]1[C][C][C][C]1.O=C[C]1[C][C][C][C]1.[Fe]. The van der Waals surface area contributed by atoms with E-state index in [9.17, 15) is 9.59 Å². The summed E-state index contributed by atoms with van der Waals surface area (Å²) in [5.74, 6) is 0.778. The van der Waals surface area contributed by atoms with E-state index in [2.05, 4.69) is 51.4 Å². The summed E-state index contributed by atoms with van der Waals surface area (Å²) in [4.78, 5) is 19.5. The summed E-state index contributed by atoms with van der Waals surface area (Å²) in [5, 5.41) is 0. The first-order valence-electron chi connectivity index (χ1n) is 3.55. The molecule has 70 valence electrons. The summed E-state index contributed by atoms with van der Waals surface area (Å²) in [6.45, 7) is 0. The molecule has 3 heteroatoms. The Kier molecular flexibility index (Phi) is 9.03. The van der Waals surface area contributed by atoms with Gasteiger partial charge in [-0.3, -0.25) is 0 Å². The van der Waals surface area contributed by atoms with Crippen LogP contribution in [0.1, 0.15) is 0 Å². The van der Waals surface area contributed by atoms with Gasteiger partial charge in [0.15, 0.2) is 0 Å². The maximum Gasteiger partial charge on any atom is 0.128 e. The van der Waals surface area contributed by atoms with Gasteiger partial charge in [-0.05, 0) is 0 Å². The van der Waals surface area contributed by atoms with Gasteiger partial charge >= 0.3 is 0 Å². The van der Waals surface area contributed by atoms with E-state index >= 15 is 0 Å². The molecule has 15 heavy (non-hydrogen) atoms. The third-order valence-electron chi connectivity index (χ3n) is 1.15. The van der Waals surface area contributed by atoms with Crippen LogP contribution in [0.3, 0.4) is 0 Å². The molecule has 0 aromatic rings. The van der Waals surface area contributed by atoms with Gasteiger partial charge in [0.2, 0.25) is 0 Å². The van der Waals surface area contributed by atoms with Crippen molar-refractivity contribution < 1.29 is 26.7 Å². The Morgan fingerprint density at radius 3 is 1.07 bits per heavy atom. The van der Waals surface area contributed by atoms with E-state index in [1.165, 1.54) is 0 Å². The van der Waals surface area contributed by atoms with Crippen molar-refractivity contribution in [1.29, 1.82) is 0 Å². The predicted molar refractivity (Wildman–Crippen MR) is 44.6 cm³/mol. The van der Waals surface area contributed by atoms with Crippen molar-refractivity contribution in [2.45, 2.75) is 0 Å². The molecule has 0 atom stereocenters. The Morgan fingerprint density at radius 2 is 0.933 bits per heavy atom. The Hall–Kier alpha value is -0.141. The number of hydrogen-bond donors (Lipinski definition) is 0. The van der Waals surface area contributed by atoms with Gasteiger partial charge in [0.25, 0.3) is 0 Å². The van der Waals surface area contributed by atoms with E-state index in [1.807, 2.05) is 0 Å². The molecule has 2 saturated carbocycles. The van der Waals surface area contributed by atoms with Crippen molar-refractivity contribution in [1.82, 2.24) is 0 Å². The van der Waals surface area contributed by atoms with Crippen LogP contribution in [0.15, 0.2) is 0 Å². The molecule has 0 N–H and O–H groups in total. The Bertz CT molecular complexity index is 150. The van der Waals surface area contributed by atoms with Crippen LogP contribution in [0.2, 0.25) is 0 Å². The van der Waals surface area contributed by atoms with Gasteiger partial charge < -0.3 is 9.59 Å². The zero-order valence-electron chi connectivity index (χ0n) is 7.32. The normalized spacial score (nSPS) is 21.3. The monoisotopic (exact) mass is 234 g/mol. The van der Waals surface area contributed by atoms with Crippen molar-refractivity contribution in [3.05, 3.63) is 63.2 Å². The molecule has 0 amide bonds. The molecule has 0 aliphatic heterocycles. The van der Waals surface area contributed by atoms with Crippen molar-refractivity contribution in [3.8, 4) is 0 Å². The fraction of sp³-hybridized carbons (Fsp3) is 0. The van der Waals surface area contributed by atoms with Crippen molar-refractivity contribution in [3.63, 3.8) is 0 Å². The molecule has 2 fully saturated rings. The average Bonchev–Trinajstić information content (AvgIpc) is 2.92. The van der Waals surface area contributed by atoms with E-state index in [-0.39, 0.29) is 17.1 Å². The summed E-state index contributed by atoms with van der Waals surface area (Å²) < 4.78 is 0. The molecule has 2 rings (SSSR count). The van der Waals surface area contributed by atoms with E-state index in [0.717, 1.165) is 0 Å². The first-order valence-corrected chi connectivity index (χ1v) is 3.55. The van der Waals surface area contributed by atoms with Crippen LogP contribution in [-0.2, 0) is 26.7 Å². The zero-order valence-corrected chi connectivity index (χ0v) is 8.43. The second kappa shape index (κ2) is 9.11. The third-order valence-corrected chi connectivity index (χ3v) is 1.15. The van der Waals surface area contributed by atoms with Gasteiger partial charge in [-0.15, -0.1) is 0 Å². The molecule has 0 heterocycles. The number of aldehydes is 2. The van der Waals surface area contributed by atoms with Crippen LogP contribution in [0, 0.1) is 63.2 Å². The second-order valence-electron chi connectivity index (χ2n) is 2.06. The number of carbonyl (C=O) groups is 2. The van der Waals surface area contributed by atoms with Crippen molar-refractivity contribution in [2.24, 2.45) is 0 Å². The van der Waals surface area contributed by atoms with Gasteiger partial charge in [0.1, 0.15) is 12.6 Å². The molecule has 2 nitrogen and oxygen atoms in total. The molecule has 2 aliphatic carbocycles. The van der Waals surface area contributed by atoms with Crippen LogP contribution in [-0.4, -0.2) is 12.6 Å². The molecule has 0 aromatic carbocycles. The Morgan fingerprint density at radius 1 is 0.667 bits per heavy atom. The molecule has 0 aromatic heterocycles. The van der Waals surface area contributed by atoms with E-state index in [4.69, 9.17) is 0 Å². The molecule has 0 saturated heterocycles. The minimum atomic E-state index is 0. The average molecular weight is 234 g/mol. The third kappa shape index (κ3) is 6.11. The summed E-state index contributed by atoms with van der Waals surface area (Å²) in [7, 11) is 0. The number of rotatable bonds is 2. The van der Waals surface area contributed by atoms with Gasteiger partial charge in [-0.25, -0.2) is 0 Å². The molecular formula is C12H2FeO2. The minimum absolute atomic E-state index is 0. The number of carbonyl (C=O) groups excluding carboxylic acids is 2. The van der Waals surface area contributed by atoms with Gasteiger partial charge in [-0.1, -0.05) is 0 Å². The fourth-order valence-electron chi connectivity index (χ4n) is 0.575. The number of hydrogen-bond acceptors (Lipinski definition) is 2. The van der Waals surface area contributed by atoms with Crippen LogP contribution in [0.25, 0.3) is 0 Å². The van der Waals surface area contributed by atoms with E-state index in [1.54, 1.807) is 0 Å². The van der Waals surface area contributed by atoms with E-state index < -0.39 is 0 Å². The van der Waals surface area contributed by atoms with Gasteiger partial charge in [0, 0.05) is 68.4 Å². The van der Waals surface area contributed by atoms with Gasteiger partial charge in [0.05, 0.1) is 11.8 Å². The van der Waals surface area contributed by atoms with Crippen LogP contribution < -0.4 is 0 Å². The van der Waals surface area contributed by atoms with Crippen LogP contribution in [0.4, 0.5) is 0 Å². The molecule has 18 radical (unpaired) electrons. The molecule has 0 spiro atoms. The fourth-order valence-corrected chi connectivity index (χ4v) is 0.575. The Labute approximate surface area is 103 Å². The zero-order chi connectivity index (χ0) is 10.2. The second-order valence-corrected chi connectivity index (χ2v) is 2.06. The summed E-state index contributed by atoms with van der Waals surface area (Å²) >= 11 is 0. The van der Waals surface area contributed by atoms with Crippen molar-refractivity contribution >= 4 is 12.6 Å². The smallest absolute Gasteiger partial charge is 0.128 e. The molecule has 2 aliphatic rings. The quantitative estimate of drug-likeness (QED) is 0.505. The van der Waals surface area contributed by atoms with Crippen LogP contribution >= 0.6 is 0 Å². The minimum Gasteiger partial charge on any atom is -0.303 e. The maximum atomic E-state index is 9.77. The topological polar surface area (TPSA) is 34.1 Å². The van der Waals surface area contributed by atoms with Gasteiger partial charge in [-0.2, -0.15) is 0 Å². The standard InChI is InChI=1S/2C6HO.Fe/c2*7-5-6-3-1-2-4-6;/h2*5H;. The maximum absolute atomic E-state index is 9.77. The summed E-state index contributed by atoms with van der Waals surface area (Å²) in [6.07, 6.45) is 21.0. The first kappa shape index (κ1) is 14.9. The summed E-state index contributed by atoms with van der Waals surface area (Å²) in [5.41, 5.74) is 0. The van der Waals surface area contributed by atoms with Crippen LogP contribution in [0.5, 0.6) is 0 Å². The molecular weight excluding hydrogens is 232 g/mol. The first-order chi connectivity index (χ1) is 6.86. The largest absolute Gasteiger partial charge is 0.303 e. The van der Waals surface area contributed by atoms with E-state index in [0.29, 0.717) is 24.4 Å².